The van der Waals surface area contributed by atoms with E-state index in [1.54, 1.807) is 17.7 Å². The zero-order chi connectivity index (χ0) is 24.5. The van der Waals surface area contributed by atoms with Gasteiger partial charge in [-0.15, -0.1) is 10.2 Å². The summed E-state index contributed by atoms with van der Waals surface area (Å²) >= 11 is 1.35. The Kier molecular flexibility index (Phi) is 6.51. The maximum absolute atomic E-state index is 13.6. The van der Waals surface area contributed by atoms with E-state index in [1.807, 2.05) is 59.7 Å². The number of carbonyl (C=O) groups is 1. The van der Waals surface area contributed by atoms with Crippen molar-refractivity contribution in [3.8, 4) is 11.4 Å². The molecule has 182 valence electrons. The second kappa shape index (κ2) is 9.73. The van der Waals surface area contributed by atoms with Crippen molar-refractivity contribution in [1.82, 2.24) is 24.1 Å². The van der Waals surface area contributed by atoms with Crippen molar-refractivity contribution in [2.45, 2.75) is 50.2 Å². The minimum Gasteiger partial charge on any atom is -0.495 e. The first-order valence-electron chi connectivity index (χ1n) is 11.9. The van der Waals surface area contributed by atoms with E-state index in [1.165, 1.54) is 31.0 Å². The number of ether oxygens (including phenoxy) is 1. The van der Waals surface area contributed by atoms with Gasteiger partial charge in [-0.2, -0.15) is 0 Å². The highest BCUT2D eigenvalue weighted by Gasteiger charge is 2.24. The zero-order valence-electron chi connectivity index (χ0n) is 20.2. The Labute approximate surface area is 207 Å². The summed E-state index contributed by atoms with van der Waals surface area (Å²) in [4.78, 5) is 28.5. The van der Waals surface area contributed by atoms with Crippen LogP contribution in [0.4, 0.5) is 0 Å². The van der Waals surface area contributed by atoms with Crippen LogP contribution in [0, 0.1) is 6.92 Å². The molecule has 2 aromatic heterocycles. The predicted octanol–water partition coefficient (Wildman–Crippen LogP) is 4.23. The lowest BCUT2D eigenvalue weighted by atomic mass is 9.94. The lowest BCUT2D eigenvalue weighted by molar-refractivity contribution is -0.129. The summed E-state index contributed by atoms with van der Waals surface area (Å²) in [5.41, 5.74) is 2.10. The molecule has 0 spiro atoms. The highest BCUT2D eigenvalue weighted by atomic mass is 32.2. The number of hydrogen-bond acceptors (Lipinski definition) is 6. The first-order valence-corrected chi connectivity index (χ1v) is 12.9. The molecular formula is C26H29N5O3S. The van der Waals surface area contributed by atoms with Crippen LogP contribution < -0.4 is 10.3 Å². The molecule has 4 aromatic rings. The van der Waals surface area contributed by atoms with E-state index in [-0.39, 0.29) is 17.2 Å². The minimum atomic E-state index is -0.200. The topological polar surface area (TPSA) is 81.7 Å². The normalized spacial score (nSPS) is 14.5. The molecule has 5 rings (SSSR count). The molecule has 0 atom stereocenters. The van der Waals surface area contributed by atoms with Gasteiger partial charge in [-0.3, -0.25) is 14.0 Å². The molecule has 0 aliphatic heterocycles. The number of methoxy groups -OCH3 is 1. The van der Waals surface area contributed by atoms with Gasteiger partial charge in [-0.25, -0.2) is 4.57 Å². The number of nitrogens with zero attached hydrogens (tertiary/aromatic N) is 5. The first kappa shape index (κ1) is 23.4. The van der Waals surface area contributed by atoms with E-state index >= 15 is 0 Å². The smallest absolute Gasteiger partial charge is 0.267 e. The van der Waals surface area contributed by atoms with Crippen LogP contribution in [-0.4, -0.2) is 55.9 Å². The molecule has 0 bridgehead atoms. The Bertz CT molecular complexity index is 1450. The lowest BCUT2D eigenvalue weighted by Gasteiger charge is -2.31. The summed E-state index contributed by atoms with van der Waals surface area (Å²) in [7, 11) is 3.48. The van der Waals surface area contributed by atoms with E-state index < -0.39 is 0 Å². The van der Waals surface area contributed by atoms with Gasteiger partial charge in [0.25, 0.3) is 5.56 Å². The fourth-order valence-corrected chi connectivity index (χ4v) is 5.73. The highest BCUT2D eigenvalue weighted by molar-refractivity contribution is 7.99. The van der Waals surface area contributed by atoms with Crippen molar-refractivity contribution in [2.75, 3.05) is 19.9 Å². The molecule has 8 nitrogen and oxygen atoms in total. The quantitative estimate of drug-likeness (QED) is 0.376. The number of rotatable bonds is 6. The van der Waals surface area contributed by atoms with E-state index in [4.69, 9.17) is 4.74 Å². The molecule has 2 heterocycles. The van der Waals surface area contributed by atoms with E-state index in [0.29, 0.717) is 39.3 Å². The van der Waals surface area contributed by atoms with Gasteiger partial charge in [0.05, 0.1) is 29.5 Å². The maximum atomic E-state index is 13.6. The summed E-state index contributed by atoms with van der Waals surface area (Å²) < 4.78 is 8.97. The number of aromatic nitrogens is 4. The molecule has 0 N–H and O–H groups in total. The van der Waals surface area contributed by atoms with Crippen LogP contribution in [0.15, 0.2) is 52.4 Å². The molecule has 1 saturated carbocycles. The third kappa shape index (κ3) is 4.29. The Morgan fingerprint density at radius 1 is 1.14 bits per heavy atom. The fourth-order valence-electron chi connectivity index (χ4n) is 4.86. The van der Waals surface area contributed by atoms with Crippen molar-refractivity contribution in [3.05, 3.63) is 58.4 Å². The Hall–Kier alpha value is -3.33. The third-order valence-corrected chi connectivity index (χ3v) is 7.72. The van der Waals surface area contributed by atoms with Gasteiger partial charge in [0.15, 0.2) is 5.16 Å². The van der Waals surface area contributed by atoms with Crippen LogP contribution in [0.5, 0.6) is 5.75 Å². The second-order valence-corrected chi connectivity index (χ2v) is 9.98. The van der Waals surface area contributed by atoms with E-state index in [9.17, 15) is 9.59 Å². The monoisotopic (exact) mass is 491 g/mol. The molecule has 9 heteroatoms. The van der Waals surface area contributed by atoms with Crippen molar-refractivity contribution >= 4 is 34.3 Å². The zero-order valence-corrected chi connectivity index (χ0v) is 21.0. The molecule has 0 radical (unpaired) electrons. The molecule has 1 aliphatic carbocycles. The summed E-state index contributed by atoms with van der Waals surface area (Å²) in [6.07, 6.45) is 5.73. The van der Waals surface area contributed by atoms with E-state index in [2.05, 4.69) is 10.2 Å². The van der Waals surface area contributed by atoms with Gasteiger partial charge in [0, 0.05) is 13.1 Å². The standard InChI is InChI=1S/C26H29N5O3S/c1-17-13-14-22(34-3)21(15-17)30-24(33)19-11-7-8-12-20(19)31-25(30)27-28-26(31)35-16-23(32)29(2)18-9-5-4-6-10-18/h7-8,11-15,18H,4-6,9-10,16H2,1-3H3. The number of amides is 1. The number of carbonyl (C=O) groups excluding carboxylic acids is 1. The van der Waals surface area contributed by atoms with Gasteiger partial charge < -0.3 is 9.64 Å². The molecule has 1 aliphatic rings. The van der Waals surface area contributed by atoms with E-state index in [0.717, 1.165) is 18.4 Å². The number of benzene rings is 2. The molecule has 0 unspecified atom stereocenters. The molecule has 1 amide bonds. The fraction of sp³-hybridized carbons (Fsp3) is 0.385. The minimum absolute atomic E-state index is 0.0802. The van der Waals surface area contributed by atoms with Gasteiger partial charge in [-0.1, -0.05) is 49.2 Å². The van der Waals surface area contributed by atoms with Crippen LogP contribution >= 0.6 is 11.8 Å². The average Bonchev–Trinajstić information content (AvgIpc) is 3.31. The number of aryl methyl sites for hydroxylation is 1. The van der Waals surface area contributed by atoms with Gasteiger partial charge in [0.1, 0.15) is 5.75 Å². The van der Waals surface area contributed by atoms with Crippen molar-refractivity contribution in [2.24, 2.45) is 0 Å². The third-order valence-electron chi connectivity index (χ3n) is 6.81. The number of thioether (sulfide) groups is 1. The average molecular weight is 492 g/mol. The van der Waals surface area contributed by atoms with Crippen LogP contribution in [0.25, 0.3) is 22.4 Å². The summed E-state index contributed by atoms with van der Waals surface area (Å²) in [5, 5.41) is 9.91. The largest absolute Gasteiger partial charge is 0.495 e. The maximum Gasteiger partial charge on any atom is 0.267 e. The molecule has 1 fully saturated rings. The number of fused-ring (bicyclic) bond motifs is 3. The van der Waals surface area contributed by atoms with Crippen LogP contribution in [-0.2, 0) is 4.79 Å². The highest BCUT2D eigenvalue weighted by Crippen LogP contribution is 2.28. The van der Waals surface area contributed by atoms with Crippen LogP contribution in [0.1, 0.15) is 37.7 Å². The summed E-state index contributed by atoms with van der Waals surface area (Å²) in [6.45, 7) is 1.96. The molecule has 2 aromatic carbocycles. The van der Waals surface area contributed by atoms with Gasteiger partial charge in [0.2, 0.25) is 11.7 Å². The second-order valence-electron chi connectivity index (χ2n) is 9.04. The number of para-hydroxylation sites is 1. The van der Waals surface area contributed by atoms with Crippen LogP contribution in [0.2, 0.25) is 0 Å². The van der Waals surface area contributed by atoms with Gasteiger partial charge >= 0.3 is 0 Å². The molecular weight excluding hydrogens is 462 g/mol. The molecule has 35 heavy (non-hydrogen) atoms. The Morgan fingerprint density at radius 3 is 2.69 bits per heavy atom. The predicted molar refractivity (Wildman–Crippen MR) is 138 cm³/mol. The number of hydrogen-bond donors (Lipinski definition) is 0. The summed E-state index contributed by atoms with van der Waals surface area (Å²) in [6, 6.07) is 13.4. The van der Waals surface area contributed by atoms with Crippen molar-refractivity contribution in [3.63, 3.8) is 0 Å². The summed E-state index contributed by atoms with van der Waals surface area (Å²) in [5.74, 6) is 1.29. The van der Waals surface area contributed by atoms with Crippen molar-refractivity contribution in [1.29, 1.82) is 0 Å². The van der Waals surface area contributed by atoms with Crippen molar-refractivity contribution < 1.29 is 9.53 Å². The lowest BCUT2D eigenvalue weighted by Crippen LogP contribution is -2.39. The molecule has 0 saturated heterocycles. The van der Waals surface area contributed by atoms with Crippen LogP contribution in [0.3, 0.4) is 0 Å². The Morgan fingerprint density at radius 2 is 1.91 bits per heavy atom. The van der Waals surface area contributed by atoms with Gasteiger partial charge in [-0.05, 0) is 49.6 Å². The SMILES string of the molecule is COc1ccc(C)cc1-n1c(=O)c2ccccc2n2c(SCC(=O)N(C)C3CCCCC3)nnc12. The first-order chi connectivity index (χ1) is 17.0. The Balaban J connectivity index is 1.58.